The molecular weight excluding hydrogens is 624 g/mol. The normalized spacial score (nSPS) is 29.9. The van der Waals surface area contributed by atoms with E-state index in [9.17, 15) is 28.6 Å². The molecule has 2 aromatic rings. The Kier molecular flexibility index (Phi) is 11.5. The first-order chi connectivity index (χ1) is 21.2. The van der Waals surface area contributed by atoms with Crippen LogP contribution in [0, 0.1) is 5.92 Å². The van der Waals surface area contributed by atoms with Crippen molar-refractivity contribution in [2.24, 2.45) is 5.92 Å². The van der Waals surface area contributed by atoms with Gasteiger partial charge in [-0.3, -0.25) is 33.3 Å². The highest BCUT2D eigenvalue weighted by Crippen LogP contribution is 2.46. The number of phosphoric ester groups is 1. The molecule has 252 valence electrons. The van der Waals surface area contributed by atoms with Gasteiger partial charge in [0, 0.05) is 51.2 Å². The van der Waals surface area contributed by atoms with Crippen LogP contribution in [0.2, 0.25) is 0 Å². The maximum absolute atomic E-state index is 15.8. The number of likely N-dealkylation sites (N-methyl/N-ethyl adjacent to an activating group) is 1. The van der Waals surface area contributed by atoms with Crippen LogP contribution in [0.25, 0.3) is 0 Å². The zero-order valence-corrected chi connectivity index (χ0v) is 26.3. The Hall–Kier alpha value is -2.80. The maximum atomic E-state index is 15.8. The van der Waals surface area contributed by atoms with Crippen molar-refractivity contribution < 1.29 is 41.8 Å². The molecular formula is C26H38FN5O12P-. The van der Waals surface area contributed by atoms with E-state index in [4.69, 9.17) is 28.0 Å². The number of nitrogens with one attached hydrogen (secondary N) is 2. The minimum atomic E-state index is -4.87. The molecule has 4 heterocycles. The molecule has 2 aliphatic rings. The van der Waals surface area contributed by atoms with Gasteiger partial charge in [0.1, 0.15) is 18.3 Å². The van der Waals surface area contributed by atoms with Crippen molar-refractivity contribution >= 4 is 7.82 Å². The molecule has 17 nitrogen and oxygen atoms in total. The van der Waals surface area contributed by atoms with Gasteiger partial charge < -0.3 is 37.8 Å². The highest BCUT2D eigenvalue weighted by molar-refractivity contribution is 7.45. The first-order valence-electron chi connectivity index (χ1n) is 14.2. The predicted molar refractivity (Wildman–Crippen MR) is 152 cm³/mol. The van der Waals surface area contributed by atoms with Crippen LogP contribution in [0.5, 0.6) is 0 Å². The van der Waals surface area contributed by atoms with Gasteiger partial charge in [-0.15, -0.1) is 0 Å². The Bertz CT molecular complexity index is 1580. The van der Waals surface area contributed by atoms with E-state index in [-0.39, 0.29) is 26.1 Å². The van der Waals surface area contributed by atoms with Crippen LogP contribution < -0.4 is 27.4 Å². The quantitative estimate of drug-likeness (QED) is 0.235. The van der Waals surface area contributed by atoms with E-state index in [0.29, 0.717) is 0 Å². The van der Waals surface area contributed by atoms with Gasteiger partial charge in [0.2, 0.25) is 0 Å². The highest BCUT2D eigenvalue weighted by Gasteiger charge is 2.50. The number of alkyl halides is 1. The van der Waals surface area contributed by atoms with Gasteiger partial charge >= 0.3 is 11.4 Å². The van der Waals surface area contributed by atoms with Crippen molar-refractivity contribution in [2.75, 3.05) is 41.0 Å². The summed E-state index contributed by atoms with van der Waals surface area (Å²) in [5.74, 6) is -0.715. The van der Waals surface area contributed by atoms with E-state index in [1.165, 1.54) is 40.5 Å². The zero-order chi connectivity index (χ0) is 33.1. The number of halogens is 1. The van der Waals surface area contributed by atoms with Crippen LogP contribution in [-0.4, -0.2) is 102 Å². The van der Waals surface area contributed by atoms with Crippen molar-refractivity contribution in [2.45, 2.75) is 69.4 Å². The number of hydrogen-bond acceptors (Lipinski definition) is 13. The number of aromatic amines is 2. The number of ether oxygens (including phenoxy) is 4. The molecule has 1 unspecified atom stereocenters. The SMILES string of the molecule is COC[C@H]1O[C@@H](n2ccc(=O)[nH]c2=O)[C@H](F)[C@@H]1CCN(C)C[C@H]1O[C@@H](n2ccc(=O)[nH]c2=O)[C@H](OC)[C@@H]1OP(=O)([O-])OC(C)C. The van der Waals surface area contributed by atoms with Gasteiger partial charge in [0.05, 0.1) is 18.8 Å². The smallest absolute Gasteiger partial charge is 0.330 e. The maximum Gasteiger partial charge on any atom is 0.330 e. The second-order valence-corrected chi connectivity index (χ2v) is 12.5. The fourth-order valence-corrected chi connectivity index (χ4v) is 6.70. The summed E-state index contributed by atoms with van der Waals surface area (Å²) < 4.78 is 63.6. The van der Waals surface area contributed by atoms with Crippen molar-refractivity contribution in [3.05, 3.63) is 66.2 Å². The van der Waals surface area contributed by atoms with Gasteiger partial charge in [0.25, 0.3) is 18.9 Å². The number of phosphoric acid groups is 1. The summed E-state index contributed by atoms with van der Waals surface area (Å²) in [7, 11) is -0.447. The third-order valence-electron chi connectivity index (χ3n) is 7.54. The van der Waals surface area contributed by atoms with Crippen LogP contribution in [0.15, 0.2) is 43.7 Å². The number of H-pyrrole nitrogens is 2. The Labute approximate surface area is 256 Å². The Morgan fingerprint density at radius 3 is 2.11 bits per heavy atom. The van der Waals surface area contributed by atoms with E-state index in [1.54, 1.807) is 11.9 Å². The Morgan fingerprint density at radius 2 is 1.58 bits per heavy atom. The topological polar surface area (TPSA) is 208 Å². The van der Waals surface area contributed by atoms with E-state index >= 15 is 4.39 Å². The molecule has 45 heavy (non-hydrogen) atoms. The summed E-state index contributed by atoms with van der Waals surface area (Å²) in [5.41, 5.74) is -2.88. The lowest BCUT2D eigenvalue weighted by molar-refractivity contribution is -0.236. The van der Waals surface area contributed by atoms with Gasteiger partial charge in [-0.2, -0.15) is 0 Å². The fourth-order valence-electron chi connectivity index (χ4n) is 5.58. The molecule has 0 aromatic carbocycles. The van der Waals surface area contributed by atoms with Crippen molar-refractivity contribution in [1.82, 2.24) is 24.0 Å². The minimum Gasteiger partial charge on any atom is -0.756 e. The number of nitrogens with zero attached hydrogens (tertiary/aromatic N) is 3. The first kappa shape index (κ1) is 35.1. The van der Waals surface area contributed by atoms with Crippen molar-refractivity contribution in [1.29, 1.82) is 0 Å². The highest BCUT2D eigenvalue weighted by atomic mass is 31.2. The van der Waals surface area contributed by atoms with Crippen LogP contribution in [0.3, 0.4) is 0 Å². The summed E-state index contributed by atoms with van der Waals surface area (Å²) in [4.78, 5) is 66.6. The summed E-state index contributed by atoms with van der Waals surface area (Å²) >= 11 is 0. The number of rotatable bonds is 14. The molecule has 2 saturated heterocycles. The molecule has 4 rings (SSSR count). The standard InChI is InChI=1S/C26H39FN5O12P/c1-14(2)43-45(37,38)44-21-16(41-24(22(21)40-5)32-11-8-19(34)29-26(32)36)12-30(3)9-6-15-17(13-39-4)42-23(20(15)27)31-10-7-18(33)28-25(31)35/h7-8,10-11,14-17,20-24H,6,9,12-13H2,1-5H3,(H,37,38)(H,28,33,35)(H,29,34,36)/p-1/t15-,16-,17-,20-,21-,22-,23-,24-/m1/s1. The third-order valence-corrected chi connectivity index (χ3v) is 8.72. The van der Waals surface area contributed by atoms with E-state index in [1.807, 2.05) is 0 Å². The van der Waals surface area contributed by atoms with Crippen molar-refractivity contribution in [3.63, 3.8) is 0 Å². The molecule has 0 radical (unpaired) electrons. The van der Waals surface area contributed by atoms with Crippen LogP contribution in [0.4, 0.5) is 4.39 Å². The lowest BCUT2D eigenvalue weighted by Crippen LogP contribution is -2.43. The number of aromatic nitrogens is 4. The molecule has 0 aliphatic carbocycles. The van der Waals surface area contributed by atoms with Gasteiger partial charge in [-0.1, -0.05) is 0 Å². The van der Waals surface area contributed by atoms with Crippen LogP contribution in [-0.2, 0) is 32.6 Å². The van der Waals surface area contributed by atoms with Crippen LogP contribution >= 0.6 is 7.82 Å². The molecule has 9 atom stereocenters. The molecule has 2 fully saturated rings. The molecule has 19 heteroatoms. The molecule has 0 spiro atoms. The van der Waals surface area contributed by atoms with E-state index in [2.05, 4.69) is 9.97 Å². The first-order valence-corrected chi connectivity index (χ1v) is 15.7. The molecule has 0 saturated carbocycles. The van der Waals surface area contributed by atoms with E-state index < -0.39 is 85.4 Å². The second-order valence-electron chi connectivity index (χ2n) is 11.2. The summed E-state index contributed by atoms with van der Waals surface area (Å²) in [6.07, 6.45) is -6.31. The zero-order valence-electron chi connectivity index (χ0n) is 25.4. The predicted octanol–water partition coefficient (Wildman–Crippen LogP) is -0.902. The van der Waals surface area contributed by atoms with E-state index in [0.717, 1.165) is 21.3 Å². The van der Waals surface area contributed by atoms with Gasteiger partial charge in [0.15, 0.2) is 18.6 Å². The summed E-state index contributed by atoms with van der Waals surface area (Å²) in [6.45, 7) is 3.38. The number of methoxy groups -OCH3 is 2. The minimum absolute atomic E-state index is 0.0447. The third kappa shape index (κ3) is 8.33. The number of hydrogen-bond donors (Lipinski definition) is 2. The monoisotopic (exact) mass is 662 g/mol. The molecule has 0 amide bonds. The largest absolute Gasteiger partial charge is 0.756 e. The Balaban J connectivity index is 1.52. The lowest BCUT2D eigenvalue weighted by Gasteiger charge is -2.33. The second kappa shape index (κ2) is 14.7. The van der Waals surface area contributed by atoms with Gasteiger partial charge in [-0.05, 0) is 33.9 Å². The summed E-state index contributed by atoms with van der Waals surface area (Å²) in [5, 5.41) is 0. The van der Waals surface area contributed by atoms with Crippen molar-refractivity contribution in [3.8, 4) is 0 Å². The molecule has 2 N–H and O–H groups in total. The van der Waals surface area contributed by atoms with Gasteiger partial charge in [-0.25, -0.2) is 14.0 Å². The molecule has 2 aliphatic heterocycles. The molecule has 0 bridgehead atoms. The fraction of sp³-hybridized carbons (Fsp3) is 0.692. The average Bonchev–Trinajstić information content (AvgIpc) is 3.42. The average molecular weight is 663 g/mol. The summed E-state index contributed by atoms with van der Waals surface area (Å²) in [6, 6.07) is 2.20. The molecule has 2 aromatic heterocycles. The lowest BCUT2D eigenvalue weighted by atomic mass is 9.95. The Morgan fingerprint density at radius 1 is 1.00 bits per heavy atom. The van der Waals surface area contributed by atoms with Crippen LogP contribution in [0.1, 0.15) is 32.7 Å².